The fourth-order valence-corrected chi connectivity index (χ4v) is 4.42. The molecule has 0 bridgehead atoms. The van der Waals surface area contributed by atoms with Crippen LogP contribution in [0, 0.1) is 6.92 Å². The third-order valence-corrected chi connectivity index (χ3v) is 6.05. The van der Waals surface area contributed by atoms with E-state index in [0.717, 1.165) is 29.7 Å². The maximum absolute atomic E-state index is 12.5. The summed E-state index contributed by atoms with van der Waals surface area (Å²) in [6.07, 6.45) is 4.06. The van der Waals surface area contributed by atoms with Gasteiger partial charge in [-0.3, -0.25) is 4.79 Å². The summed E-state index contributed by atoms with van der Waals surface area (Å²) >= 11 is 0. The van der Waals surface area contributed by atoms with E-state index < -0.39 is 5.72 Å². The maximum Gasteiger partial charge on any atom is 0.316 e. The number of ether oxygens (including phenoxy) is 2. The number of benzene rings is 2. The van der Waals surface area contributed by atoms with Crippen molar-refractivity contribution in [3.63, 3.8) is 0 Å². The molecule has 162 valence electrons. The number of hydrogen-bond acceptors (Lipinski definition) is 6. The minimum atomic E-state index is -0.663. The standard InChI is InChI=1S/C25H24N4O3/c1-16-21(14-26-24(27-16)31-2)19-10-6-9-17-11-12-25(13-20(17)19)29-22(15-32-25)28-23(30)18-7-4-3-5-8-18/h3-10,14H,11-13,15H2,1-2H3,(H,28,29,30). The number of carbonyl (C=O) groups excluding carboxylic acids is 1. The number of aromatic nitrogens is 2. The van der Waals surface area contributed by atoms with Crippen LogP contribution >= 0.6 is 0 Å². The van der Waals surface area contributed by atoms with E-state index in [4.69, 9.17) is 14.5 Å². The number of nitrogens with zero attached hydrogens (tertiary/aromatic N) is 3. The molecule has 7 nitrogen and oxygen atoms in total. The smallest absolute Gasteiger partial charge is 0.316 e. The molecule has 1 aromatic heterocycles. The number of amides is 1. The van der Waals surface area contributed by atoms with Gasteiger partial charge < -0.3 is 14.8 Å². The molecule has 1 N–H and O–H groups in total. The normalized spacial score (nSPS) is 19.4. The molecule has 2 heterocycles. The second-order valence-corrected chi connectivity index (χ2v) is 8.09. The van der Waals surface area contributed by atoms with Crippen molar-refractivity contribution in [2.45, 2.75) is 31.9 Å². The molecular formula is C25H24N4O3. The van der Waals surface area contributed by atoms with Crippen LogP contribution in [-0.4, -0.2) is 41.2 Å². The van der Waals surface area contributed by atoms with Crippen LogP contribution in [0.25, 0.3) is 11.1 Å². The van der Waals surface area contributed by atoms with Crippen molar-refractivity contribution in [1.82, 2.24) is 15.3 Å². The van der Waals surface area contributed by atoms with Crippen molar-refractivity contribution in [1.29, 1.82) is 0 Å². The van der Waals surface area contributed by atoms with Gasteiger partial charge in [-0.2, -0.15) is 4.98 Å². The van der Waals surface area contributed by atoms with E-state index in [1.165, 1.54) is 11.1 Å². The van der Waals surface area contributed by atoms with E-state index >= 15 is 0 Å². The van der Waals surface area contributed by atoms with E-state index in [-0.39, 0.29) is 5.91 Å². The predicted molar refractivity (Wildman–Crippen MR) is 121 cm³/mol. The topological polar surface area (TPSA) is 85.7 Å². The number of nitrogens with one attached hydrogen (secondary N) is 1. The molecule has 1 aliphatic heterocycles. The minimum absolute atomic E-state index is 0.173. The zero-order valence-corrected chi connectivity index (χ0v) is 18.1. The Morgan fingerprint density at radius 1 is 1.12 bits per heavy atom. The monoisotopic (exact) mass is 428 g/mol. The van der Waals surface area contributed by atoms with Gasteiger partial charge in [-0.05, 0) is 42.2 Å². The highest BCUT2D eigenvalue weighted by molar-refractivity contribution is 6.07. The molecule has 7 heteroatoms. The third-order valence-electron chi connectivity index (χ3n) is 6.05. The van der Waals surface area contributed by atoms with Crippen LogP contribution in [0.4, 0.5) is 0 Å². The lowest BCUT2D eigenvalue weighted by Crippen LogP contribution is -2.34. The Labute approximate surface area is 186 Å². The van der Waals surface area contributed by atoms with E-state index in [0.29, 0.717) is 30.4 Å². The molecule has 2 aliphatic rings. The predicted octanol–water partition coefficient (Wildman–Crippen LogP) is 3.50. The SMILES string of the molecule is COc1ncc(-c2cccc3c2CC2(CC3)N=C(NC(=O)c3ccccc3)CO2)c(C)n1. The molecule has 1 aliphatic carbocycles. The first-order valence-electron chi connectivity index (χ1n) is 10.6. The number of hydrogen-bond donors (Lipinski definition) is 1. The van der Waals surface area contributed by atoms with Gasteiger partial charge in [0.1, 0.15) is 12.4 Å². The van der Waals surface area contributed by atoms with Crippen LogP contribution in [0.2, 0.25) is 0 Å². The number of fused-ring (bicyclic) bond motifs is 1. The summed E-state index contributed by atoms with van der Waals surface area (Å²) in [7, 11) is 1.56. The fourth-order valence-electron chi connectivity index (χ4n) is 4.42. The lowest BCUT2D eigenvalue weighted by molar-refractivity contribution is -0.0109. The average molecular weight is 428 g/mol. The summed E-state index contributed by atoms with van der Waals surface area (Å²) in [6.45, 7) is 2.25. The molecule has 1 amide bonds. The van der Waals surface area contributed by atoms with Crippen LogP contribution in [0.15, 0.2) is 59.7 Å². The zero-order valence-electron chi connectivity index (χ0n) is 18.1. The maximum atomic E-state index is 12.5. The molecule has 0 saturated carbocycles. The van der Waals surface area contributed by atoms with E-state index in [1.807, 2.05) is 31.3 Å². The highest BCUT2D eigenvalue weighted by Gasteiger charge is 2.40. The molecule has 0 saturated heterocycles. The lowest BCUT2D eigenvalue weighted by atomic mass is 9.81. The molecule has 0 radical (unpaired) electrons. The molecular weight excluding hydrogens is 404 g/mol. The number of amidine groups is 1. The molecule has 1 atom stereocenters. The average Bonchev–Trinajstić information content (AvgIpc) is 3.20. The molecule has 5 rings (SSSR count). The molecule has 0 fully saturated rings. The van der Waals surface area contributed by atoms with Crippen LogP contribution < -0.4 is 10.1 Å². The largest absolute Gasteiger partial charge is 0.467 e. The Bertz CT molecular complexity index is 1210. The van der Waals surface area contributed by atoms with Gasteiger partial charge in [-0.15, -0.1) is 0 Å². The van der Waals surface area contributed by atoms with Gasteiger partial charge in [-0.1, -0.05) is 36.4 Å². The van der Waals surface area contributed by atoms with Gasteiger partial charge in [0, 0.05) is 30.2 Å². The first-order valence-corrected chi connectivity index (χ1v) is 10.6. The quantitative estimate of drug-likeness (QED) is 0.690. The molecule has 32 heavy (non-hydrogen) atoms. The Hall–Kier alpha value is -3.58. The van der Waals surface area contributed by atoms with Gasteiger partial charge in [0.2, 0.25) is 0 Å². The molecule has 2 aromatic carbocycles. The van der Waals surface area contributed by atoms with Crippen LogP contribution in [0.3, 0.4) is 0 Å². The van der Waals surface area contributed by atoms with E-state index in [1.54, 1.807) is 19.2 Å². The number of rotatable bonds is 3. The van der Waals surface area contributed by atoms with Crippen LogP contribution in [0.1, 0.15) is 33.6 Å². The Morgan fingerprint density at radius 3 is 2.75 bits per heavy atom. The van der Waals surface area contributed by atoms with Crippen molar-refractivity contribution in [3.05, 3.63) is 77.1 Å². The summed E-state index contributed by atoms with van der Waals surface area (Å²) < 4.78 is 11.3. The van der Waals surface area contributed by atoms with Gasteiger partial charge in [0.25, 0.3) is 5.91 Å². The highest BCUT2D eigenvalue weighted by atomic mass is 16.5. The number of carbonyl (C=O) groups is 1. The van der Waals surface area contributed by atoms with Crippen LogP contribution in [-0.2, 0) is 17.6 Å². The molecule has 1 unspecified atom stereocenters. The summed E-state index contributed by atoms with van der Waals surface area (Å²) in [5, 5.41) is 2.91. The van der Waals surface area contributed by atoms with E-state index in [2.05, 4.69) is 33.5 Å². The van der Waals surface area contributed by atoms with Gasteiger partial charge in [-0.25, -0.2) is 9.98 Å². The summed E-state index contributed by atoms with van der Waals surface area (Å²) in [5.74, 6) is 0.400. The van der Waals surface area contributed by atoms with Crippen molar-refractivity contribution in [2.75, 3.05) is 13.7 Å². The minimum Gasteiger partial charge on any atom is -0.467 e. The van der Waals surface area contributed by atoms with Gasteiger partial charge in [0.05, 0.1) is 12.8 Å². The fraction of sp³-hybridized carbons (Fsp3) is 0.280. The first-order chi connectivity index (χ1) is 15.6. The number of aliphatic imine (C=N–C) groups is 1. The number of aryl methyl sites for hydroxylation is 2. The van der Waals surface area contributed by atoms with E-state index in [9.17, 15) is 4.79 Å². The first kappa shape index (κ1) is 20.3. The Balaban J connectivity index is 1.43. The summed E-state index contributed by atoms with van der Waals surface area (Å²) in [5.41, 5.74) is 5.32. The molecule has 3 aromatic rings. The van der Waals surface area contributed by atoms with Crippen molar-refractivity contribution >= 4 is 11.7 Å². The molecule has 1 spiro atoms. The van der Waals surface area contributed by atoms with Crippen molar-refractivity contribution in [2.24, 2.45) is 4.99 Å². The zero-order chi connectivity index (χ0) is 22.1. The van der Waals surface area contributed by atoms with Crippen molar-refractivity contribution < 1.29 is 14.3 Å². The summed E-state index contributed by atoms with van der Waals surface area (Å²) in [6, 6.07) is 15.8. The Kier molecular flexibility index (Phi) is 5.19. The second kappa shape index (κ2) is 8.16. The Morgan fingerprint density at radius 2 is 1.97 bits per heavy atom. The van der Waals surface area contributed by atoms with Gasteiger partial charge >= 0.3 is 6.01 Å². The third kappa shape index (κ3) is 3.76. The number of methoxy groups -OCH3 is 1. The van der Waals surface area contributed by atoms with Crippen LogP contribution in [0.5, 0.6) is 6.01 Å². The van der Waals surface area contributed by atoms with Gasteiger partial charge in [0.15, 0.2) is 5.72 Å². The van der Waals surface area contributed by atoms with Crippen molar-refractivity contribution in [3.8, 4) is 17.1 Å². The highest BCUT2D eigenvalue weighted by Crippen LogP contribution is 2.40. The second-order valence-electron chi connectivity index (χ2n) is 8.09. The summed E-state index contributed by atoms with van der Waals surface area (Å²) in [4.78, 5) is 26.1. The lowest BCUT2D eigenvalue weighted by Gasteiger charge is -2.32.